The fraction of sp³-hybridized carbons (Fsp3) is 0.561. The van der Waals surface area contributed by atoms with Crippen LogP contribution in [0.5, 0.6) is 5.75 Å². The molecule has 1 amide bonds. The molecule has 0 atom stereocenters. The number of hydrogen-bond acceptors (Lipinski definition) is 8. The number of aryl methyl sites for hydroxylation is 1. The zero-order valence-electron chi connectivity index (χ0n) is 31.1. The van der Waals surface area contributed by atoms with Crippen molar-refractivity contribution < 1.29 is 22.7 Å². The van der Waals surface area contributed by atoms with Gasteiger partial charge < -0.3 is 24.3 Å². The lowest BCUT2D eigenvalue weighted by Crippen LogP contribution is -2.61. The summed E-state index contributed by atoms with van der Waals surface area (Å²) < 4.78 is 48.5. The van der Waals surface area contributed by atoms with Crippen LogP contribution in [0, 0.1) is 12.3 Å². The Balaban J connectivity index is 1.18. The van der Waals surface area contributed by atoms with E-state index >= 15 is 0 Å². The average Bonchev–Trinajstić information content (AvgIpc) is 3.85. The molecular weight excluding hydrogens is 693 g/mol. The third-order valence-corrected chi connectivity index (χ3v) is 12.7. The molecule has 10 nitrogen and oxygen atoms in total. The molecule has 5 fully saturated rings. The molecule has 0 radical (unpaired) electrons. The van der Waals surface area contributed by atoms with Gasteiger partial charge in [-0.05, 0) is 119 Å². The van der Waals surface area contributed by atoms with Gasteiger partial charge in [0, 0.05) is 67.1 Å². The highest BCUT2D eigenvalue weighted by Crippen LogP contribution is 2.53. The number of piperidine rings is 1. The first-order valence-corrected chi connectivity index (χ1v) is 19.8. The van der Waals surface area contributed by atoms with E-state index in [2.05, 4.69) is 37.5 Å². The Kier molecular flexibility index (Phi) is 8.98. The van der Waals surface area contributed by atoms with Gasteiger partial charge >= 0.3 is 6.18 Å². The molecule has 13 heteroatoms. The van der Waals surface area contributed by atoms with Gasteiger partial charge in [0.2, 0.25) is 11.9 Å². The molecule has 0 bridgehead atoms. The number of anilines is 2. The summed E-state index contributed by atoms with van der Waals surface area (Å²) in [6.45, 7) is 11.1. The number of halogens is 3. The molecule has 1 saturated carbocycles. The number of ether oxygens (including phenoxy) is 1. The van der Waals surface area contributed by atoms with Crippen molar-refractivity contribution in [3.05, 3.63) is 48.2 Å². The van der Waals surface area contributed by atoms with Crippen LogP contribution >= 0.6 is 0 Å². The van der Waals surface area contributed by atoms with Crippen LogP contribution in [0.2, 0.25) is 0 Å². The number of nitrogens with zero attached hydrogens (tertiary/aromatic N) is 7. The minimum atomic E-state index is -4.55. The van der Waals surface area contributed by atoms with Gasteiger partial charge in [0.1, 0.15) is 11.3 Å². The van der Waals surface area contributed by atoms with E-state index < -0.39 is 12.8 Å². The lowest BCUT2D eigenvalue weighted by Gasteiger charge is -2.54. The van der Waals surface area contributed by atoms with Crippen molar-refractivity contribution in [2.75, 3.05) is 68.8 Å². The molecule has 4 saturated heterocycles. The maximum absolute atomic E-state index is 14.2. The summed E-state index contributed by atoms with van der Waals surface area (Å²) in [6.07, 6.45) is 7.76. The Morgan fingerprint density at radius 1 is 0.963 bits per heavy atom. The molecule has 54 heavy (non-hydrogen) atoms. The zero-order valence-corrected chi connectivity index (χ0v) is 31.1. The first-order valence-electron chi connectivity index (χ1n) is 19.8. The molecule has 1 aliphatic carbocycles. The number of aromatic amines is 1. The molecule has 9 rings (SSSR count). The molecule has 1 spiro atoms. The maximum Gasteiger partial charge on any atom is 0.422 e. The zero-order chi connectivity index (χ0) is 37.2. The van der Waals surface area contributed by atoms with Crippen molar-refractivity contribution in [1.82, 2.24) is 30.0 Å². The number of nitrogens with one attached hydrogen (secondary N) is 1. The summed E-state index contributed by atoms with van der Waals surface area (Å²) in [5, 5.41) is 8.95. The number of aromatic nitrogens is 4. The molecule has 1 N–H and O–H groups in total. The number of likely N-dealkylation sites (tertiary alicyclic amines) is 2. The van der Waals surface area contributed by atoms with Gasteiger partial charge in [-0.25, -0.2) is 4.98 Å². The predicted molar refractivity (Wildman–Crippen MR) is 204 cm³/mol. The summed E-state index contributed by atoms with van der Waals surface area (Å²) in [5.41, 5.74) is 4.71. The topological polar surface area (TPSA) is 93.7 Å². The fourth-order valence-corrected chi connectivity index (χ4v) is 9.46. The van der Waals surface area contributed by atoms with Gasteiger partial charge in [-0.1, -0.05) is 12.6 Å². The maximum atomic E-state index is 14.2. The molecule has 6 heterocycles. The Bertz CT molecular complexity index is 2060. The van der Waals surface area contributed by atoms with Crippen LogP contribution in [0.4, 0.5) is 24.9 Å². The second-order valence-corrected chi connectivity index (χ2v) is 16.4. The van der Waals surface area contributed by atoms with E-state index in [0.29, 0.717) is 23.1 Å². The van der Waals surface area contributed by atoms with Gasteiger partial charge in [0.15, 0.2) is 12.4 Å². The lowest BCUT2D eigenvalue weighted by molar-refractivity contribution is -0.153. The van der Waals surface area contributed by atoms with E-state index in [9.17, 15) is 18.0 Å². The van der Waals surface area contributed by atoms with Crippen LogP contribution in [0.15, 0.2) is 37.1 Å². The van der Waals surface area contributed by atoms with Crippen molar-refractivity contribution in [2.45, 2.75) is 82.8 Å². The highest BCUT2D eigenvalue weighted by atomic mass is 19.4. The van der Waals surface area contributed by atoms with Gasteiger partial charge in [0.05, 0.1) is 11.7 Å². The van der Waals surface area contributed by atoms with E-state index in [1.807, 2.05) is 24.0 Å². The predicted octanol–water partition coefficient (Wildman–Crippen LogP) is 7.37. The van der Waals surface area contributed by atoms with Crippen LogP contribution in [0.25, 0.3) is 32.9 Å². The van der Waals surface area contributed by atoms with E-state index in [0.717, 1.165) is 129 Å². The minimum Gasteiger partial charge on any atom is -0.481 e. The van der Waals surface area contributed by atoms with E-state index in [1.165, 1.54) is 25.6 Å². The summed E-state index contributed by atoms with van der Waals surface area (Å²) in [6, 6.07) is 6.71. The highest BCUT2D eigenvalue weighted by molar-refractivity contribution is 6.06. The first kappa shape index (κ1) is 35.3. The first-order chi connectivity index (χ1) is 26.1. The summed E-state index contributed by atoms with van der Waals surface area (Å²) >= 11 is 0. The number of carbonyl (C=O) groups is 1. The fourth-order valence-electron chi connectivity index (χ4n) is 9.46. The van der Waals surface area contributed by atoms with Crippen LogP contribution in [0.3, 0.4) is 0 Å². The molecule has 5 aliphatic rings. The van der Waals surface area contributed by atoms with Crippen molar-refractivity contribution >= 4 is 39.5 Å². The normalized spacial score (nSPS) is 21.2. The van der Waals surface area contributed by atoms with Crippen molar-refractivity contribution in [2.24, 2.45) is 5.41 Å². The molecule has 2 aromatic carbocycles. The standard InChI is InChI=1S/C41H49F3N8O2/c1-3-33(53)52-23-40(24-52)13-19-50(20-14-40)38-30-21-29(27-10-11-27)35(34-26(2)9-12-32-31(34)22-45-48-32)37(54-25-41(42,43)44)36(30)46-39(47-38)51-15-4-7-28(8-5-16-51)49-17-6-18-49/h3,9,12,21-22,27-28H,1,4-8,10-11,13-20,23-25H2,2H3,(H,45,48). The number of fused-ring (bicyclic) bond motifs is 2. The molecule has 4 aromatic rings. The van der Waals surface area contributed by atoms with Crippen LogP contribution in [0.1, 0.15) is 74.8 Å². The number of hydrogen-bond donors (Lipinski definition) is 1. The molecule has 2 aromatic heterocycles. The van der Waals surface area contributed by atoms with Gasteiger partial charge in [-0.15, -0.1) is 0 Å². The number of benzene rings is 2. The number of carbonyl (C=O) groups excluding carboxylic acids is 1. The van der Waals surface area contributed by atoms with Crippen LogP contribution in [-0.2, 0) is 4.79 Å². The Labute approximate surface area is 313 Å². The Morgan fingerprint density at radius 2 is 1.70 bits per heavy atom. The second-order valence-electron chi connectivity index (χ2n) is 16.4. The van der Waals surface area contributed by atoms with Gasteiger partial charge in [-0.3, -0.25) is 9.89 Å². The van der Waals surface area contributed by atoms with Gasteiger partial charge in [0.25, 0.3) is 0 Å². The number of rotatable bonds is 8. The van der Waals surface area contributed by atoms with Crippen molar-refractivity contribution in [3.8, 4) is 16.9 Å². The monoisotopic (exact) mass is 742 g/mol. The van der Waals surface area contributed by atoms with Crippen molar-refractivity contribution in [3.63, 3.8) is 0 Å². The van der Waals surface area contributed by atoms with E-state index in [1.54, 1.807) is 6.20 Å². The SMILES string of the molecule is C=CC(=O)N1CC2(CCN(c3nc(N4CCCC(N5CCC5)CCC4)nc4c(OCC(F)(F)F)c(-c5c(C)ccc6[nH]ncc56)c(C5CC5)cc34)CC2)C1. The quantitative estimate of drug-likeness (QED) is 0.187. The number of amides is 1. The van der Waals surface area contributed by atoms with Crippen LogP contribution < -0.4 is 14.5 Å². The smallest absolute Gasteiger partial charge is 0.422 e. The molecular formula is C41H49F3N8O2. The molecule has 286 valence electrons. The lowest BCUT2D eigenvalue weighted by atomic mass is 9.72. The largest absolute Gasteiger partial charge is 0.481 e. The van der Waals surface area contributed by atoms with Crippen molar-refractivity contribution in [1.29, 1.82) is 0 Å². The number of H-pyrrole nitrogens is 1. The van der Waals surface area contributed by atoms with E-state index in [-0.39, 0.29) is 23.0 Å². The Hall–Kier alpha value is -4.39. The summed E-state index contributed by atoms with van der Waals surface area (Å²) in [5.74, 6) is 1.63. The van der Waals surface area contributed by atoms with E-state index in [4.69, 9.17) is 14.7 Å². The second kappa shape index (κ2) is 13.7. The summed E-state index contributed by atoms with van der Waals surface area (Å²) in [4.78, 5) is 31.8. The number of alkyl halides is 3. The third-order valence-electron chi connectivity index (χ3n) is 12.7. The van der Waals surface area contributed by atoms with Crippen LogP contribution in [-0.4, -0.2) is 107 Å². The molecule has 4 aliphatic heterocycles. The summed E-state index contributed by atoms with van der Waals surface area (Å²) in [7, 11) is 0. The minimum absolute atomic E-state index is 0.0323. The highest BCUT2D eigenvalue weighted by Gasteiger charge is 2.47. The Morgan fingerprint density at radius 3 is 2.35 bits per heavy atom. The average molecular weight is 743 g/mol. The molecule has 0 unspecified atom stereocenters. The van der Waals surface area contributed by atoms with Gasteiger partial charge in [-0.2, -0.15) is 23.3 Å². The third kappa shape index (κ3) is 6.56.